The Labute approximate surface area is 123 Å². The Morgan fingerprint density at radius 1 is 1.38 bits per heavy atom. The molecule has 0 aliphatic heterocycles. The van der Waals surface area contributed by atoms with E-state index >= 15 is 0 Å². The molecule has 0 spiro atoms. The Morgan fingerprint density at radius 3 is 2.62 bits per heavy atom. The van der Waals surface area contributed by atoms with Gasteiger partial charge in [-0.05, 0) is 29.3 Å². The summed E-state index contributed by atoms with van der Waals surface area (Å²) in [5.41, 5.74) is 0.225. The molecule has 2 rings (SSSR count). The molecule has 2 aromatic rings. The van der Waals surface area contributed by atoms with Crippen molar-refractivity contribution in [2.75, 3.05) is 0 Å². The summed E-state index contributed by atoms with van der Waals surface area (Å²) in [6.45, 7) is 5.85. The van der Waals surface area contributed by atoms with E-state index in [4.69, 9.17) is 0 Å². The number of hydrogen-bond donors (Lipinski definition) is 1. The van der Waals surface area contributed by atoms with E-state index in [0.717, 1.165) is 5.56 Å². The maximum absolute atomic E-state index is 11.4. The van der Waals surface area contributed by atoms with Crippen LogP contribution in [0.25, 0.3) is 0 Å². The molecule has 2 unspecified atom stereocenters. The molecule has 0 saturated heterocycles. The molecular formula is C15H20N4O2. The number of rotatable bonds is 6. The Hall–Kier alpha value is -2.24. The molecule has 1 aromatic carbocycles. The van der Waals surface area contributed by atoms with Gasteiger partial charge in [-0.2, -0.15) is 0 Å². The van der Waals surface area contributed by atoms with Crippen molar-refractivity contribution in [1.29, 1.82) is 0 Å². The van der Waals surface area contributed by atoms with Crippen molar-refractivity contribution < 1.29 is 9.90 Å². The quantitative estimate of drug-likeness (QED) is 0.882. The maximum Gasteiger partial charge on any atom is 0.311 e. The van der Waals surface area contributed by atoms with Crippen LogP contribution in [0.1, 0.15) is 44.5 Å². The lowest BCUT2D eigenvalue weighted by Gasteiger charge is -2.23. The lowest BCUT2D eigenvalue weighted by atomic mass is 9.87. The number of nitrogens with zero attached hydrogens (tertiary/aromatic N) is 4. The van der Waals surface area contributed by atoms with Crippen LogP contribution < -0.4 is 0 Å². The van der Waals surface area contributed by atoms with Gasteiger partial charge in [0.15, 0.2) is 5.82 Å². The summed E-state index contributed by atoms with van der Waals surface area (Å²) in [4.78, 5) is 11.4. The van der Waals surface area contributed by atoms with Crippen molar-refractivity contribution in [2.45, 2.75) is 39.7 Å². The molecule has 0 bridgehead atoms. The average Bonchev–Trinajstić information content (AvgIpc) is 2.95. The first-order chi connectivity index (χ1) is 9.98. The fraction of sp³-hybridized carbons (Fsp3) is 0.467. The summed E-state index contributed by atoms with van der Waals surface area (Å²) in [7, 11) is 0. The Kier molecular flexibility index (Phi) is 4.35. The van der Waals surface area contributed by atoms with E-state index in [1.807, 2.05) is 44.2 Å². The molecule has 1 heterocycles. The van der Waals surface area contributed by atoms with Crippen molar-refractivity contribution in [3.05, 3.63) is 41.7 Å². The van der Waals surface area contributed by atoms with Crippen LogP contribution in [0.2, 0.25) is 0 Å². The van der Waals surface area contributed by atoms with E-state index in [2.05, 4.69) is 15.5 Å². The summed E-state index contributed by atoms with van der Waals surface area (Å²) >= 11 is 0. The van der Waals surface area contributed by atoms with Crippen molar-refractivity contribution in [2.24, 2.45) is 5.41 Å². The molecule has 21 heavy (non-hydrogen) atoms. The molecule has 112 valence electrons. The van der Waals surface area contributed by atoms with E-state index in [1.165, 1.54) is 0 Å². The molecule has 0 saturated carbocycles. The van der Waals surface area contributed by atoms with Crippen LogP contribution in [0.4, 0.5) is 0 Å². The number of carboxylic acids is 1. The lowest BCUT2D eigenvalue weighted by molar-refractivity contribution is -0.149. The summed E-state index contributed by atoms with van der Waals surface area (Å²) in [6, 6.07) is 9.92. The minimum Gasteiger partial charge on any atom is -0.481 e. The zero-order valence-corrected chi connectivity index (χ0v) is 12.5. The standard InChI is InChI=1S/C15H20N4O2/c1-4-15(3,14(20)21)10-19-13(16-17-18-19)11(2)12-8-6-5-7-9-12/h5-9,11H,4,10H2,1-3H3,(H,20,21). The summed E-state index contributed by atoms with van der Waals surface area (Å²) < 4.78 is 1.61. The first-order valence-corrected chi connectivity index (χ1v) is 7.02. The number of carbonyl (C=O) groups is 1. The van der Waals surface area contributed by atoms with Gasteiger partial charge < -0.3 is 5.11 Å². The molecule has 1 N–H and O–H groups in total. The SMILES string of the molecule is CCC(C)(Cn1nnnc1C(C)c1ccccc1)C(=O)O. The maximum atomic E-state index is 11.4. The second kappa shape index (κ2) is 6.03. The molecule has 0 radical (unpaired) electrons. The summed E-state index contributed by atoms with van der Waals surface area (Å²) in [6.07, 6.45) is 0.515. The predicted molar refractivity (Wildman–Crippen MR) is 77.8 cm³/mol. The van der Waals surface area contributed by atoms with Gasteiger partial charge in [0.1, 0.15) is 0 Å². The molecule has 0 amide bonds. The highest BCUT2D eigenvalue weighted by Crippen LogP contribution is 2.27. The summed E-state index contributed by atoms with van der Waals surface area (Å²) in [5.74, 6) is -0.142. The average molecular weight is 288 g/mol. The number of hydrogen-bond acceptors (Lipinski definition) is 4. The van der Waals surface area contributed by atoms with Crippen molar-refractivity contribution in [1.82, 2.24) is 20.2 Å². The molecule has 0 fully saturated rings. The van der Waals surface area contributed by atoms with Gasteiger partial charge in [-0.3, -0.25) is 4.79 Å². The van der Waals surface area contributed by atoms with Gasteiger partial charge in [-0.1, -0.05) is 44.2 Å². The summed E-state index contributed by atoms with van der Waals surface area (Å²) in [5, 5.41) is 21.2. The Balaban J connectivity index is 2.29. The van der Waals surface area contributed by atoms with Crippen LogP contribution >= 0.6 is 0 Å². The molecule has 6 heteroatoms. The van der Waals surface area contributed by atoms with Crippen molar-refractivity contribution >= 4 is 5.97 Å². The fourth-order valence-corrected chi connectivity index (χ4v) is 2.19. The van der Waals surface area contributed by atoms with Crippen LogP contribution in [0.5, 0.6) is 0 Å². The monoisotopic (exact) mass is 288 g/mol. The molecule has 1 aromatic heterocycles. The minimum absolute atomic E-state index is 0.0103. The smallest absolute Gasteiger partial charge is 0.311 e. The van der Waals surface area contributed by atoms with Gasteiger partial charge in [0.2, 0.25) is 0 Å². The minimum atomic E-state index is -0.874. The largest absolute Gasteiger partial charge is 0.481 e. The van der Waals surface area contributed by atoms with Gasteiger partial charge >= 0.3 is 5.97 Å². The number of aromatic nitrogens is 4. The third-order valence-electron chi connectivity index (χ3n) is 4.04. The normalized spacial score (nSPS) is 15.4. The Bertz CT molecular complexity index is 611. The van der Waals surface area contributed by atoms with E-state index in [-0.39, 0.29) is 12.5 Å². The van der Waals surface area contributed by atoms with Crippen molar-refractivity contribution in [3.63, 3.8) is 0 Å². The van der Waals surface area contributed by atoms with Crippen LogP contribution in [0, 0.1) is 5.41 Å². The van der Waals surface area contributed by atoms with Crippen molar-refractivity contribution in [3.8, 4) is 0 Å². The zero-order chi connectivity index (χ0) is 15.5. The Morgan fingerprint density at radius 2 is 2.05 bits per heavy atom. The predicted octanol–water partition coefficient (Wildman–Crippen LogP) is 2.33. The number of aliphatic carboxylic acids is 1. The highest BCUT2D eigenvalue weighted by atomic mass is 16.4. The third kappa shape index (κ3) is 3.09. The van der Waals surface area contributed by atoms with Gasteiger partial charge in [0.05, 0.1) is 12.0 Å². The van der Waals surface area contributed by atoms with E-state index in [0.29, 0.717) is 12.2 Å². The highest BCUT2D eigenvalue weighted by Gasteiger charge is 2.33. The first-order valence-electron chi connectivity index (χ1n) is 7.02. The van der Waals surface area contributed by atoms with Gasteiger partial charge in [0.25, 0.3) is 0 Å². The molecular weight excluding hydrogens is 268 g/mol. The zero-order valence-electron chi connectivity index (χ0n) is 12.5. The molecule has 0 aliphatic rings. The molecule has 0 aliphatic carbocycles. The fourth-order valence-electron chi connectivity index (χ4n) is 2.19. The van der Waals surface area contributed by atoms with Crippen LogP contribution in [-0.4, -0.2) is 31.3 Å². The highest BCUT2D eigenvalue weighted by molar-refractivity contribution is 5.73. The first kappa shape index (κ1) is 15.2. The van der Waals surface area contributed by atoms with E-state index < -0.39 is 11.4 Å². The van der Waals surface area contributed by atoms with Crippen LogP contribution in [0.15, 0.2) is 30.3 Å². The van der Waals surface area contributed by atoms with Crippen LogP contribution in [0.3, 0.4) is 0 Å². The second-order valence-electron chi connectivity index (χ2n) is 5.55. The second-order valence-corrected chi connectivity index (χ2v) is 5.55. The van der Waals surface area contributed by atoms with E-state index in [9.17, 15) is 9.90 Å². The number of benzene rings is 1. The number of carboxylic acid groups (broad SMARTS) is 1. The van der Waals surface area contributed by atoms with Crippen LogP contribution in [-0.2, 0) is 11.3 Å². The topological polar surface area (TPSA) is 80.9 Å². The van der Waals surface area contributed by atoms with Gasteiger partial charge in [-0.25, -0.2) is 4.68 Å². The lowest BCUT2D eigenvalue weighted by Crippen LogP contribution is -2.33. The van der Waals surface area contributed by atoms with Gasteiger partial charge in [-0.15, -0.1) is 5.10 Å². The molecule has 2 atom stereocenters. The number of tetrazole rings is 1. The molecule has 6 nitrogen and oxygen atoms in total. The van der Waals surface area contributed by atoms with Gasteiger partial charge in [0, 0.05) is 5.92 Å². The third-order valence-corrected chi connectivity index (χ3v) is 4.04. The van der Waals surface area contributed by atoms with E-state index in [1.54, 1.807) is 11.6 Å².